The van der Waals surface area contributed by atoms with Crippen LogP contribution in [0.1, 0.15) is 51.0 Å². The molecule has 0 heterocycles. The summed E-state index contributed by atoms with van der Waals surface area (Å²) in [5.41, 5.74) is 1.07. The van der Waals surface area contributed by atoms with Crippen molar-refractivity contribution in [1.29, 1.82) is 0 Å². The van der Waals surface area contributed by atoms with Gasteiger partial charge >= 0.3 is 5.97 Å². The highest BCUT2D eigenvalue weighted by molar-refractivity contribution is 5.78. The third kappa shape index (κ3) is 5.55. The number of aryl methyl sites for hydroxylation is 1. The molecule has 5 nitrogen and oxygen atoms in total. The van der Waals surface area contributed by atoms with E-state index in [-0.39, 0.29) is 11.9 Å². The van der Waals surface area contributed by atoms with Crippen LogP contribution in [-0.2, 0) is 16.0 Å². The lowest BCUT2D eigenvalue weighted by molar-refractivity contribution is -0.143. The van der Waals surface area contributed by atoms with Crippen molar-refractivity contribution >= 4 is 11.9 Å². The van der Waals surface area contributed by atoms with Crippen LogP contribution in [0.3, 0.4) is 0 Å². The first-order chi connectivity index (χ1) is 11.6. The van der Waals surface area contributed by atoms with Gasteiger partial charge in [-0.25, -0.2) is 0 Å². The number of benzene rings is 1. The van der Waals surface area contributed by atoms with Crippen molar-refractivity contribution in [3.05, 3.63) is 29.8 Å². The molecule has 0 radical (unpaired) electrons. The SMILES string of the molecule is CCOc1ccc(CCC(=O)N[C@H]2CCCCC[C@H]2C(=O)O)cc1. The number of carboxylic acid groups (broad SMARTS) is 1. The molecule has 5 heteroatoms. The predicted molar refractivity (Wildman–Crippen MR) is 92.1 cm³/mol. The van der Waals surface area contributed by atoms with Crippen molar-refractivity contribution in [3.63, 3.8) is 0 Å². The summed E-state index contributed by atoms with van der Waals surface area (Å²) in [4.78, 5) is 23.6. The lowest BCUT2D eigenvalue weighted by Crippen LogP contribution is -2.42. The molecule has 1 amide bonds. The number of aliphatic carboxylic acids is 1. The van der Waals surface area contributed by atoms with E-state index in [1.54, 1.807) is 0 Å². The Morgan fingerprint density at radius 3 is 2.54 bits per heavy atom. The molecule has 1 aliphatic rings. The monoisotopic (exact) mass is 333 g/mol. The first-order valence-electron chi connectivity index (χ1n) is 8.84. The summed E-state index contributed by atoms with van der Waals surface area (Å²) < 4.78 is 5.40. The third-order valence-corrected chi connectivity index (χ3v) is 4.55. The number of nitrogens with one attached hydrogen (secondary N) is 1. The molecule has 1 aliphatic carbocycles. The van der Waals surface area contributed by atoms with Gasteiger partial charge in [-0.05, 0) is 43.9 Å². The average Bonchev–Trinajstić information content (AvgIpc) is 2.80. The van der Waals surface area contributed by atoms with Gasteiger partial charge in [0.2, 0.25) is 5.91 Å². The second kappa shape index (κ2) is 9.30. The first-order valence-corrected chi connectivity index (χ1v) is 8.84. The zero-order chi connectivity index (χ0) is 17.4. The van der Waals surface area contributed by atoms with E-state index in [9.17, 15) is 14.7 Å². The van der Waals surface area contributed by atoms with Crippen molar-refractivity contribution in [3.8, 4) is 5.75 Å². The second-order valence-corrected chi connectivity index (χ2v) is 6.33. The fraction of sp³-hybridized carbons (Fsp3) is 0.579. The van der Waals surface area contributed by atoms with Gasteiger partial charge in [0.1, 0.15) is 5.75 Å². The standard InChI is InChI=1S/C19H27NO4/c1-2-24-15-11-8-14(9-12-15)10-13-18(21)20-17-7-5-3-4-6-16(17)19(22)23/h8-9,11-12,16-17H,2-7,10,13H2,1H3,(H,20,21)(H,22,23)/t16-,17+/m1/s1. The number of amides is 1. The minimum absolute atomic E-state index is 0.0676. The molecular formula is C19H27NO4. The van der Waals surface area contributed by atoms with Crippen LogP contribution in [0.25, 0.3) is 0 Å². The Morgan fingerprint density at radius 1 is 1.17 bits per heavy atom. The summed E-state index contributed by atoms with van der Waals surface area (Å²) in [6.45, 7) is 2.57. The second-order valence-electron chi connectivity index (χ2n) is 6.33. The predicted octanol–water partition coefficient (Wildman–Crippen LogP) is 3.17. The van der Waals surface area contributed by atoms with E-state index in [2.05, 4.69) is 5.32 Å². The van der Waals surface area contributed by atoms with E-state index in [4.69, 9.17) is 4.74 Å². The number of carboxylic acids is 1. The molecule has 1 aromatic carbocycles. The van der Waals surface area contributed by atoms with Crippen LogP contribution in [0.4, 0.5) is 0 Å². The van der Waals surface area contributed by atoms with E-state index < -0.39 is 11.9 Å². The van der Waals surface area contributed by atoms with Gasteiger partial charge in [0.15, 0.2) is 0 Å². The van der Waals surface area contributed by atoms with Crippen LogP contribution in [0.5, 0.6) is 5.75 Å². The van der Waals surface area contributed by atoms with Gasteiger partial charge in [-0.2, -0.15) is 0 Å². The highest BCUT2D eigenvalue weighted by atomic mass is 16.5. The van der Waals surface area contributed by atoms with Gasteiger partial charge in [-0.3, -0.25) is 9.59 Å². The number of carbonyl (C=O) groups excluding carboxylic acids is 1. The maximum Gasteiger partial charge on any atom is 0.308 e. The average molecular weight is 333 g/mol. The smallest absolute Gasteiger partial charge is 0.308 e. The highest BCUT2D eigenvalue weighted by Gasteiger charge is 2.30. The molecule has 2 N–H and O–H groups in total. The number of ether oxygens (including phenoxy) is 1. The van der Waals surface area contributed by atoms with Crippen LogP contribution in [0.2, 0.25) is 0 Å². The zero-order valence-corrected chi connectivity index (χ0v) is 14.3. The quantitative estimate of drug-likeness (QED) is 0.752. The van der Waals surface area contributed by atoms with Gasteiger partial charge in [0.25, 0.3) is 0 Å². The van der Waals surface area contributed by atoms with Crippen molar-refractivity contribution in [2.45, 2.75) is 57.9 Å². The van der Waals surface area contributed by atoms with Crippen LogP contribution < -0.4 is 10.1 Å². The molecule has 1 aromatic rings. The number of carbonyl (C=O) groups is 2. The van der Waals surface area contributed by atoms with E-state index in [1.165, 1.54) is 0 Å². The molecule has 1 saturated carbocycles. The first kappa shape index (κ1) is 18.3. The minimum atomic E-state index is -0.797. The summed E-state index contributed by atoms with van der Waals surface area (Å²) in [5.74, 6) is -0.494. The van der Waals surface area contributed by atoms with E-state index in [0.29, 0.717) is 25.9 Å². The van der Waals surface area contributed by atoms with Gasteiger partial charge in [0, 0.05) is 12.5 Å². The van der Waals surface area contributed by atoms with Gasteiger partial charge < -0.3 is 15.2 Å². The lowest BCUT2D eigenvalue weighted by atomic mass is 9.94. The molecule has 0 spiro atoms. The van der Waals surface area contributed by atoms with Gasteiger partial charge in [-0.15, -0.1) is 0 Å². The van der Waals surface area contributed by atoms with E-state index in [1.807, 2.05) is 31.2 Å². The van der Waals surface area contributed by atoms with Gasteiger partial charge in [-0.1, -0.05) is 31.4 Å². The van der Waals surface area contributed by atoms with Crippen LogP contribution in [0.15, 0.2) is 24.3 Å². The topological polar surface area (TPSA) is 75.6 Å². The number of hydrogen-bond acceptors (Lipinski definition) is 3. The molecule has 0 aromatic heterocycles. The summed E-state index contributed by atoms with van der Waals surface area (Å²) in [6.07, 6.45) is 5.37. The largest absolute Gasteiger partial charge is 0.494 e. The summed E-state index contributed by atoms with van der Waals surface area (Å²) in [5, 5.41) is 12.3. The highest BCUT2D eigenvalue weighted by Crippen LogP contribution is 2.24. The normalized spacial score (nSPS) is 20.9. The summed E-state index contributed by atoms with van der Waals surface area (Å²) >= 11 is 0. The van der Waals surface area contributed by atoms with Gasteiger partial charge in [0.05, 0.1) is 12.5 Å². The zero-order valence-electron chi connectivity index (χ0n) is 14.3. The summed E-state index contributed by atoms with van der Waals surface area (Å²) in [7, 11) is 0. The molecule has 1 fully saturated rings. The van der Waals surface area contributed by atoms with Crippen molar-refractivity contribution in [2.75, 3.05) is 6.61 Å². The Bertz CT molecular complexity index is 541. The Labute approximate surface area is 143 Å². The number of hydrogen-bond donors (Lipinski definition) is 2. The van der Waals surface area contributed by atoms with Crippen LogP contribution >= 0.6 is 0 Å². The molecule has 2 rings (SSSR count). The number of rotatable bonds is 7. The fourth-order valence-corrected chi connectivity index (χ4v) is 3.23. The molecular weight excluding hydrogens is 306 g/mol. The Balaban J connectivity index is 1.84. The minimum Gasteiger partial charge on any atom is -0.494 e. The summed E-state index contributed by atoms with van der Waals surface area (Å²) in [6, 6.07) is 7.50. The van der Waals surface area contributed by atoms with E-state index >= 15 is 0 Å². The van der Waals surface area contributed by atoms with Crippen molar-refractivity contribution in [1.82, 2.24) is 5.32 Å². The maximum absolute atomic E-state index is 12.2. The Hall–Kier alpha value is -2.04. The lowest BCUT2D eigenvalue weighted by Gasteiger charge is -2.22. The molecule has 0 unspecified atom stereocenters. The maximum atomic E-state index is 12.2. The Morgan fingerprint density at radius 2 is 1.88 bits per heavy atom. The fourth-order valence-electron chi connectivity index (χ4n) is 3.23. The third-order valence-electron chi connectivity index (χ3n) is 4.55. The van der Waals surface area contributed by atoms with Crippen LogP contribution in [0, 0.1) is 5.92 Å². The molecule has 0 saturated heterocycles. The Kier molecular flexibility index (Phi) is 7.09. The van der Waals surface area contributed by atoms with Crippen molar-refractivity contribution < 1.29 is 19.4 Å². The molecule has 132 valence electrons. The molecule has 24 heavy (non-hydrogen) atoms. The van der Waals surface area contributed by atoms with E-state index in [0.717, 1.165) is 37.0 Å². The molecule has 0 bridgehead atoms. The van der Waals surface area contributed by atoms with Crippen molar-refractivity contribution in [2.24, 2.45) is 5.92 Å². The van der Waals surface area contributed by atoms with Crippen LogP contribution in [-0.4, -0.2) is 29.6 Å². The molecule has 2 atom stereocenters. The molecule has 0 aliphatic heterocycles.